The third kappa shape index (κ3) is 3.96. The minimum atomic E-state index is -0.363. The largest absolute Gasteiger partial charge is 0.335 e. The molecular weight excluding hydrogens is 238 g/mol. The van der Waals surface area contributed by atoms with E-state index in [4.69, 9.17) is 0 Å². The Hall–Kier alpha value is -1.55. The fraction of sp³-hybridized carbons (Fsp3) is 0.533. The van der Waals surface area contributed by atoms with Crippen molar-refractivity contribution in [1.82, 2.24) is 16.0 Å². The van der Waals surface area contributed by atoms with Gasteiger partial charge in [0.25, 0.3) is 0 Å². The number of hydrogen-bond donors (Lipinski definition) is 3. The van der Waals surface area contributed by atoms with Gasteiger partial charge in [-0.3, -0.25) is 0 Å². The van der Waals surface area contributed by atoms with Crippen LogP contribution >= 0.6 is 0 Å². The van der Waals surface area contributed by atoms with Crippen LogP contribution in [-0.4, -0.2) is 25.2 Å². The van der Waals surface area contributed by atoms with Crippen molar-refractivity contribution in [2.75, 3.05) is 13.1 Å². The molecule has 19 heavy (non-hydrogen) atoms. The van der Waals surface area contributed by atoms with Crippen molar-refractivity contribution in [2.45, 2.75) is 38.3 Å². The molecule has 1 heterocycles. The molecule has 1 aliphatic rings. The molecule has 0 aliphatic carbocycles. The first-order valence-electron chi connectivity index (χ1n) is 6.93. The number of piperidine rings is 1. The maximum absolute atomic E-state index is 12.1. The van der Waals surface area contributed by atoms with Crippen LogP contribution in [0.1, 0.15) is 32.3 Å². The Morgan fingerprint density at radius 1 is 1.21 bits per heavy atom. The van der Waals surface area contributed by atoms with Crippen LogP contribution in [0.3, 0.4) is 0 Å². The van der Waals surface area contributed by atoms with Crippen molar-refractivity contribution < 1.29 is 4.79 Å². The van der Waals surface area contributed by atoms with E-state index in [0.717, 1.165) is 31.5 Å². The number of rotatable bonds is 3. The highest BCUT2D eigenvalue weighted by molar-refractivity contribution is 5.75. The standard InChI is InChI=1S/C15H23N3O/c1-15(2,12-6-4-3-5-7-12)18-14(19)17-13-8-10-16-11-9-13/h3-7,13,16H,8-11H2,1-2H3,(H2,17,18,19). The lowest BCUT2D eigenvalue weighted by molar-refractivity contribution is 0.222. The molecule has 0 spiro atoms. The summed E-state index contributed by atoms with van der Waals surface area (Å²) in [6.45, 7) is 5.99. The molecule has 2 amide bonds. The van der Waals surface area contributed by atoms with Gasteiger partial charge in [0, 0.05) is 6.04 Å². The van der Waals surface area contributed by atoms with Gasteiger partial charge in [0.1, 0.15) is 0 Å². The molecule has 1 aromatic carbocycles. The Balaban J connectivity index is 1.90. The van der Waals surface area contributed by atoms with E-state index in [2.05, 4.69) is 16.0 Å². The molecule has 0 unspecified atom stereocenters. The summed E-state index contributed by atoms with van der Waals surface area (Å²) in [7, 11) is 0. The molecule has 1 aromatic rings. The summed E-state index contributed by atoms with van der Waals surface area (Å²) in [6.07, 6.45) is 2.00. The Morgan fingerprint density at radius 2 is 1.84 bits per heavy atom. The molecule has 0 atom stereocenters. The number of hydrogen-bond acceptors (Lipinski definition) is 2. The van der Waals surface area contributed by atoms with Crippen LogP contribution in [0.5, 0.6) is 0 Å². The van der Waals surface area contributed by atoms with Crippen molar-refractivity contribution >= 4 is 6.03 Å². The number of amides is 2. The zero-order valence-corrected chi connectivity index (χ0v) is 11.7. The van der Waals surface area contributed by atoms with E-state index in [1.807, 2.05) is 44.2 Å². The maximum atomic E-state index is 12.1. The fourth-order valence-corrected chi connectivity index (χ4v) is 2.40. The lowest BCUT2D eigenvalue weighted by atomic mass is 9.94. The van der Waals surface area contributed by atoms with Crippen LogP contribution < -0.4 is 16.0 Å². The average Bonchev–Trinajstić information content (AvgIpc) is 2.40. The lowest BCUT2D eigenvalue weighted by Gasteiger charge is -2.30. The molecule has 104 valence electrons. The molecule has 0 radical (unpaired) electrons. The smallest absolute Gasteiger partial charge is 0.315 e. The Bertz CT molecular complexity index is 411. The van der Waals surface area contributed by atoms with Crippen molar-refractivity contribution in [1.29, 1.82) is 0 Å². The molecule has 4 nitrogen and oxygen atoms in total. The van der Waals surface area contributed by atoms with E-state index < -0.39 is 0 Å². The van der Waals surface area contributed by atoms with E-state index >= 15 is 0 Å². The summed E-state index contributed by atoms with van der Waals surface area (Å²) >= 11 is 0. The number of benzene rings is 1. The van der Waals surface area contributed by atoms with Gasteiger partial charge in [-0.25, -0.2) is 4.79 Å². The summed E-state index contributed by atoms with van der Waals surface area (Å²) in [5.41, 5.74) is 0.744. The summed E-state index contributed by atoms with van der Waals surface area (Å²) in [5.74, 6) is 0. The summed E-state index contributed by atoms with van der Waals surface area (Å²) in [6, 6.07) is 10.2. The number of carbonyl (C=O) groups excluding carboxylic acids is 1. The predicted molar refractivity (Wildman–Crippen MR) is 77.0 cm³/mol. The molecule has 1 aliphatic heterocycles. The van der Waals surface area contributed by atoms with Gasteiger partial charge in [-0.2, -0.15) is 0 Å². The highest BCUT2D eigenvalue weighted by Gasteiger charge is 2.24. The Morgan fingerprint density at radius 3 is 2.47 bits per heavy atom. The zero-order valence-electron chi connectivity index (χ0n) is 11.7. The average molecular weight is 261 g/mol. The zero-order chi connectivity index (χ0) is 13.7. The van der Waals surface area contributed by atoms with Crippen LogP contribution in [0.4, 0.5) is 4.79 Å². The third-order valence-electron chi connectivity index (χ3n) is 3.60. The third-order valence-corrected chi connectivity index (χ3v) is 3.60. The van der Waals surface area contributed by atoms with E-state index in [0.29, 0.717) is 0 Å². The van der Waals surface area contributed by atoms with Gasteiger partial charge in [-0.1, -0.05) is 30.3 Å². The van der Waals surface area contributed by atoms with Gasteiger partial charge >= 0.3 is 6.03 Å². The van der Waals surface area contributed by atoms with Crippen molar-refractivity contribution in [3.8, 4) is 0 Å². The Labute approximate surface area is 115 Å². The molecule has 4 heteroatoms. The van der Waals surface area contributed by atoms with E-state index in [-0.39, 0.29) is 17.6 Å². The van der Waals surface area contributed by atoms with Crippen LogP contribution in [-0.2, 0) is 5.54 Å². The fourth-order valence-electron chi connectivity index (χ4n) is 2.40. The summed E-state index contributed by atoms with van der Waals surface area (Å²) < 4.78 is 0. The second kappa shape index (κ2) is 6.06. The van der Waals surface area contributed by atoms with Crippen molar-refractivity contribution in [3.05, 3.63) is 35.9 Å². The number of urea groups is 1. The van der Waals surface area contributed by atoms with Gasteiger partial charge < -0.3 is 16.0 Å². The monoisotopic (exact) mass is 261 g/mol. The van der Waals surface area contributed by atoms with E-state index in [9.17, 15) is 4.79 Å². The Kier molecular flexibility index (Phi) is 4.43. The number of carbonyl (C=O) groups is 1. The SMILES string of the molecule is CC(C)(NC(=O)NC1CCNCC1)c1ccccc1. The molecule has 0 bridgehead atoms. The lowest BCUT2D eigenvalue weighted by Crippen LogP contribution is -2.51. The summed E-state index contributed by atoms with van der Waals surface area (Å²) in [5, 5.41) is 9.39. The molecule has 3 N–H and O–H groups in total. The van der Waals surface area contributed by atoms with Crippen LogP contribution in [0, 0.1) is 0 Å². The minimum Gasteiger partial charge on any atom is -0.335 e. The van der Waals surface area contributed by atoms with Gasteiger partial charge in [-0.05, 0) is 45.3 Å². The summed E-state index contributed by atoms with van der Waals surface area (Å²) in [4.78, 5) is 12.1. The van der Waals surface area contributed by atoms with Crippen molar-refractivity contribution in [3.63, 3.8) is 0 Å². The first kappa shape index (κ1) is 13.9. The molecule has 2 rings (SSSR count). The molecule has 1 saturated heterocycles. The van der Waals surface area contributed by atoms with Crippen LogP contribution in [0.15, 0.2) is 30.3 Å². The van der Waals surface area contributed by atoms with Crippen LogP contribution in [0.25, 0.3) is 0 Å². The molecular formula is C15H23N3O. The van der Waals surface area contributed by atoms with Gasteiger partial charge in [-0.15, -0.1) is 0 Å². The van der Waals surface area contributed by atoms with Crippen molar-refractivity contribution in [2.24, 2.45) is 0 Å². The topological polar surface area (TPSA) is 53.2 Å². The maximum Gasteiger partial charge on any atom is 0.315 e. The predicted octanol–water partition coefficient (Wildman–Crippen LogP) is 1.97. The number of nitrogens with one attached hydrogen (secondary N) is 3. The molecule has 0 saturated carbocycles. The van der Waals surface area contributed by atoms with E-state index in [1.54, 1.807) is 0 Å². The first-order valence-corrected chi connectivity index (χ1v) is 6.93. The minimum absolute atomic E-state index is 0.0826. The van der Waals surface area contributed by atoms with Gasteiger partial charge in [0.15, 0.2) is 0 Å². The highest BCUT2D eigenvalue weighted by atomic mass is 16.2. The molecule has 0 aromatic heterocycles. The molecule has 1 fully saturated rings. The second-order valence-electron chi connectivity index (χ2n) is 5.61. The van der Waals surface area contributed by atoms with Gasteiger partial charge in [0.2, 0.25) is 0 Å². The van der Waals surface area contributed by atoms with Gasteiger partial charge in [0.05, 0.1) is 5.54 Å². The normalized spacial score (nSPS) is 16.9. The van der Waals surface area contributed by atoms with Crippen LogP contribution in [0.2, 0.25) is 0 Å². The van der Waals surface area contributed by atoms with E-state index in [1.165, 1.54) is 0 Å². The quantitative estimate of drug-likeness (QED) is 0.779. The second-order valence-corrected chi connectivity index (χ2v) is 5.61. The first-order chi connectivity index (χ1) is 9.08. The highest BCUT2D eigenvalue weighted by Crippen LogP contribution is 2.19.